The smallest absolute Gasteiger partial charge is 0.262 e. The van der Waals surface area contributed by atoms with Crippen LogP contribution in [0.5, 0.6) is 5.75 Å². The van der Waals surface area contributed by atoms with Crippen LogP contribution in [-0.2, 0) is 11.3 Å². The number of carbonyl (C=O) groups is 1. The molecule has 1 heterocycles. The maximum absolute atomic E-state index is 12.3. The van der Waals surface area contributed by atoms with Crippen molar-refractivity contribution in [1.82, 2.24) is 4.90 Å². The van der Waals surface area contributed by atoms with Crippen molar-refractivity contribution in [3.63, 3.8) is 0 Å². The van der Waals surface area contributed by atoms with Gasteiger partial charge in [-0.3, -0.25) is 9.69 Å². The molecular weight excluding hydrogens is 458 g/mol. The molecule has 4 rings (SSSR count). The van der Waals surface area contributed by atoms with Gasteiger partial charge in [0, 0.05) is 49.1 Å². The quantitative estimate of drug-likeness (QED) is 0.387. The topological polar surface area (TPSA) is 44.8 Å². The number of halogens is 1. The minimum atomic E-state index is -0.170. The van der Waals surface area contributed by atoms with E-state index in [0.29, 0.717) is 11.7 Å². The summed E-state index contributed by atoms with van der Waals surface area (Å²) < 4.78 is 5.65. The number of piperazine rings is 1. The van der Waals surface area contributed by atoms with Crippen molar-refractivity contribution in [2.75, 3.05) is 43.0 Å². The Kier molecular flexibility index (Phi) is 8.67. The number of ether oxygens (including phenoxy) is 1. The lowest BCUT2D eigenvalue weighted by atomic mass is 9.99. The van der Waals surface area contributed by atoms with E-state index < -0.39 is 0 Å². The molecule has 1 aliphatic rings. The normalized spacial score (nSPS) is 15.0. The van der Waals surface area contributed by atoms with Gasteiger partial charge in [0.15, 0.2) is 6.61 Å². The molecule has 1 aliphatic heterocycles. The number of amides is 1. The third-order valence-electron chi connectivity index (χ3n) is 6.67. The van der Waals surface area contributed by atoms with Gasteiger partial charge in [0.2, 0.25) is 0 Å². The van der Waals surface area contributed by atoms with Crippen molar-refractivity contribution >= 4 is 28.9 Å². The predicted octanol–water partition coefficient (Wildman–Crippen LogP) is 6.19. The molecule has 0 radical (unpaired) electrons. The highest BCUT2D eigenvalue weighted by atomic mass is 35.5. The van der Waals surface area contributed by atoms with E-state index in [1.165, 1.54) is 11.1 Å². The van der Waals surface area contributed by atoms with Crippen LogP contribution in [0.3, 0.4) is 0 Å². The lowest BCUT2D eigenvalue weighted by molar-refractivity contribution is -0.118. The summed E-state index contributed by atoms with van der Waals surface area (Å²) in [6.45, 7) is 9.13. The fourth-order valence-electron chi connectivity index (χ4n) is 4.26. The molecule has 0 bridgehead atoms. The minimum Gasteiger partial charge on any atom is -0.484 e. The van der Waals surface area contributed by atoms with Gasteiger partial charge in [-0.2, -0.15) is 0 Å². The number of hydrogen-bond donors (Lipinski definition) is 1. The lowest BCUT2D eigenvalue weighted by Crippen LogP contribution is -2.46. The van der Waals surface area contributed by atoms with Gasteiger partial charge in [-0.1, -0.05) is 55.8 Å². The van der Waals surface area contributed by atoms with Gasteiger partial charge >= 0.3 is 0 Å². The van der Waals surface area contributed by atoms with Gasteiger partial charge in [0.25, 0.3) is 5.91 Å². The Morgan fingerprint density at radius 1 is 0.971 bits per heavy atom. The van der Waals surface area contributed by atoms with Crippen molar-refractivity contribution < 1.29 is 9.53 Å². The van der Waals surface area contributed by atoms with Crippen LogP contribution in [0.1, 0.15) is 37.3 Å². The third-order valence-corrected chi connectivity index (χ3v) is 7.04. The van der Waals surface area contributed by atoms with Crippen molar-refractivity contribution in [2.45, 2.75) is 32.7 Å². The Hall–Kier alpha value is -3.02. The summed E-state index contributed by atoms with van der Waals surface area (Å²) in [6, 6.07) is 24.1. The number of anilines is 2. The van der Waals surface area contributed by atoms with E-state index in [0.717, 1.165) is 55.5 Å². The predicted molar refractivity (Wildman–Crippen MR) is 145 cm³/mol. The summed E-state index contributed by atoms with van der Waals surface area (Å²) in [5.41, 5.74) is 4.39. The second-order valence-corrected chi connectivity index (χ2v) is 9.52. The standard InChI is InChI=1S/C29H34ClN3O2/c1-3-22(2)23-8-14-27(15-9-23)35-21-29(34)31-25-10-12-26(13-11-25)33-18-16-32(17-19-33)20-24-6-4-5-7-28(24)30/h4-15,22H,3,16-21H2,1-2H3,(H,31,34). The number of carbonyl (C=O) groups excluding carboxylic acids is 1. The van der Waals surface area contributed by atoms with Crippen molar-refractivity contribution in [3.8, 4) is 5.75 Å². The highest BCUT2D eigenvalue weighted by Gasteiger charge is 2.18. The molecule has 6 heteroatoms. The van der Waals surface area contributed by atoms with Crippen LogP contribution < -0.4 is 15.0 Å². The Morgan fingerprint density at radius 2 is 1.66 bits per heavy atom. The van der Waals surface area contributed by atoms with Crippen molar-refractivity contribution in [1.29, 1.82) is 0 Å². The largest absolute Gasteiger partial charge is 0.484 e. The Balaban J connectivity index is 1.22. The van der Waals surface area contributed by atoms with Crippen LogP contribution >= 0.6 is 11.6 Å². The number of nitrogens with one attached hydrogen (secondary N) is 1. The molecular formula is C29H34ClN3O2. The molecule has 0 aliphatic carbocycles. The molecule has 5 nitrogen and oxygen atoms in total. The zero-order chi connectivity index (χ0) is 24.6. The summed E-state index contributed by atoms with van der Waals surface area (Å²) in [7, 11) is 0. The molecule has 1 N–H and O–H groups in total. The molecule has 0 spiro atoms. The third kappa shape index (κ3) is 7.00. The summed E-state index contributed by atoms with van der Waals surface area (Å²) in [5, 5.41) is 3.75. The van der Waals surface area contributed by atoms with Gasteiger partial charge in [0.05, 0.1) is 0 Å². The monoisotopic (exact) mass is 491 g/mol. The first kappa shape index (κ1) is 25.1. The number of benzene rings is 3. The van der Waals surface area contributed by atoms with Crippen molar-refractivity contribution in [3.05, 3.63) is 88.9 Å². The van der Waals surface area contributed by atoms with Crippen LogP contribution in [0.2, 0.25) is 5.02 Å². The van der Waals surface area contributed by atoms with E-state index in [1.807, 2.05) is 42.5 Å². The first-order chi connectivity index (χ1) is 17.0. The molecule has 1 unspecified atom stereocenters. The summed E-state index contributed by atoms with van der Waals surface area (Å²) in [5.74, 6) is 1.06. The molecule has 184 valence electrons. The number of nitrogens with zero attached hydrogens (tertiary/aromatic N) is 2. The van der Waals surface area contributed by atoms with E-state index in [-0.39, 0.29) is 12.5 Å². The maximum atomic E-state index is 12.3. The molecule has 1 fully saturated rings. The van der Waals surface area contributed by atoms with Crippen LogP contribution in [-0.4, -0.2) is 43.6 Å². The number of hydrogen-bond acceptors (Lipinski definition) is 4. The zero-order valence-corrected chi connectivity index (χ0v) is 21.3. The molecule has 1 amide bonds. The average molecular weight is 492 g/mol. The molecule has 3 aromatic carbocycles. The molecule has 3 aromatic rings. The van der Waals surface area contributed by atoms with Gasteiger partial charge in [-0.25, -0.2) is 0 Å². The summed E-state index contributed by atoms with van der Waals surface area (Å²) in [4.78, 5) is 17.2. The minimum absolute atomic E-state index is 0.0161. The zero-order valence-electron chi connectivity index (χ0n) is 20.5. The first-order valence-electron chi connectivity index (χ1n) is 12.3. The average Bonchev–Trinajstić information content (AvgIpc) is 2.89. The Morgan fingerprint density at radius 3 is 2.31 bits per heavy atom. The molecule has 1 atom stereocenters. The molecule has 1 saturated heterocycles. The maximum Gasteiger partial charge on any atom is 0.262 e. The second kappa shape index (κ2) is 12.1. The van der Waals surface area contributed by atoms with Gasteiger partial charge in [0.1, 0.15) is 5.75 Å². The SMILES string of the molecule is CCC(C)c1ccc(OCC(=O)Nc2ccc(N3CCN(Cc4ccccc4Cl)CC3)cc2)cc1. The van der Waals surface area contributed by atoms with Crippen LogP contribution in [0.25, 0.3) is 0 Å². The van der Waals surface area contributed by atoms with Crippen LogP contribution in [0.15, 0.2) is 72.8 Å². The summed E-state index contributed by atoms with van der Waals surface area (Å²) >= 11 is 6.32. The number of rotatable bonds is 9. The fraction of sp³-hybridized carbons (Fsp3) is 0.345. The molecule has 35 heavy (non-hydrogen) atoms. The van der Waals surface area contributed by atoms with E-state index in [2.05, 4.69) is 59.3 Å². The fourth-order valence-corrected chi connectivity index (χ4v) is 4.46. The highest BCUT2D eigenvalue weighted by Crippen LogP contribution is 2.23. The Labute approximate surface area is 213 Å². The lowest BCUT2D eigenvalue weighted by Gasteiger charge is -2.36. The van der Waals surface area contributed by atoms with E-state index in [1.54, 1.807) is 0 Å². The van der Waals surface area contributed by atoms with Gasteiger partial charge < -0.3 is 15.0 Å². The van der Waals surface area contributed by atoms with E-state index in [9.17, 15) is 4.79 Å². The molecule has 0 saturated carbocycles. The van der Waals surface area contributed by atoms with Gasteiger partial charge in [-0.15, -0.1) is 0 Å². The van der Waals surface area contributed by atoms with E-state index in [4.69, 9.17) is 16.3 Å². The molecule has 0 aromatic heterocycles. The second-order valence-electron chi connectivity index (χ2n) is 9.12. The van der Waals surface area contributed by atoms with Crippen LogP contribution in [0, 0.1) is 0 Å². The summed E-state index contributed by atoms with van der Waals surface area (Å²) in [6.07, 6.45) is 1.10. The van der Waals surface area contributed by atoms with E-state index >= 15 is 0 Å². The van der Waals surface area contributed by atoms with Crippen LogP contribution in [0.4, 0.5) is 11.4 Å². The highest BCUT2D eigenvalue weighted by molar-refractivity contribution is 6.31. The first-order valence-corrected chi connectivity index (χ1v) is 12.7. The van der Waals surface area contributed by atoms with Crippen molar-refractivity contribution in [2.24, 2.45) is 0 Å². The Bertz CT molecular complexity index is 1090. The van der Waals surface area contributed by atoms with Gasteiger partial charge in [-0.05, 0) is 65.9 Å².